The van der Waals surface area contributed by atoms with Crippen molar-refractivity contribution < 1.29 is 4.74 Å². The highest BCUT2D eigenvalue weighted by Crippen LogP contribution is 2.21. The molecule has 1 heterocycles. The zero-order chi connectivity index (χ0) is 14.5. The Labute approximate surface area is 120 Å². The minimum Gasteiger partial charge on any atom is -0.497 e. The predicted octanol–water partition coefficient (Wildman–Crippen LogP) is 3.32. The van der Waals surface area contributed by atoms with Crippen LogP contribution in [0.3, 0.4) is 0 Å². The first kappa shape index (κ1) is 14.6. The van der Waals surface area contributed by atoms with Gasteiger partial charge in [-0.2, -0.15) is 5.10 Å². The van der Waals surface area contributed by atoms with Crippen LogP contribution in [0.1, 0.15) is 44.0 Å². The van der Waals surface area contributed by atoms with E-state index < -0.39 is 0 Å². The molecule has 0 aliphatic rings. The van der Waals surface area contributed by atoms with Crippen LogP contribution in [-0.4, -0.2) is 16.9 Å². The van der Waals surface area contributed by atoms with Crippen LogP contribution < -0.4 is 10.1 Å². The third-order valence-corrected chi connectivity index (χ3v) is 3.59. The topological polar surface area (TPSA) is 39.1 Å². The zero-order valence-corrected chi connectivity index (χ0v) is 12.6. The molecule has 4 nitrogen and oxygen atoms in total. The minimum atomic E-state index is 0.271. The van der Waals surface area contributed by atoms with Gasteiger partial charge < -0.3 is 10.1 Å². The van der Waals surface area contributed by atoms with Gasteiger partial charge in [-0.05, 0) is 38.5 Å². The Kier molecular flexibility index (Phi) is 4.79. The second kappa shape index (κ2) is 6.57. The SMILES string of the molecule is CCn1cc(C(C)N[C@@H](C)c2ccc(OC)cc2)cn1. The summed E-state index contributed by atoms with van der Waals surface area (Å²) in [6.45, 7) is 7.33. The lowest BCUT2D eigenvalue weighted by atomic mass is 10.1. The third kappa shape index (κ3) is 3.39. The lowest BCUT2D eigenvalue weighted by Gasteiger charge is -2.19. The first-order valence-corrected chi connectivity index (χ1v) is 7.06. The number of nitrogens with one attached hydrogen (secondary N) is 1. The molecule has 1 aromatic heterocycles. The number of hydrogen-bond donors (Lipinski definition) is 1. The van der Waals surface area contributed by atoms with Crippen molar-refractivity contribution in [3.63, 3.8) is 0 Å². The van der Waals surface area contributed by atoms with Gasteiger partial charge in [-0.3, -0.25) is 4.68 Å². The summed E-state index contributed by atoms with van der Waals surface area (Å²) >= 11 is 0. The number of methoxy groups -OCH3 is 1. The maximum Gasteiger partial charge on any atom is 0.118 e. The average molecular weight is 273 g/mol. The molecule has 0 radical (unpaired) electrons. The Morgan fingerprint density at radius 1 is 1.15 bits per heavy atom. The van der Waals surface area contributed by atoms with Crippen molar-refractivity contribution in [3.05, 3.63) is 47.8 Å². The molecular weight excluding hydrogens is 250 g/mol. The van der Waals surface area contributed by atoms with E-state index in [4.69, 9.17) is 4.74 Å². The fourth-order valence-electron chi connectivity index (χ4n) is 2.24. The van der Waals surface area contributed by atoms with E-state index in [1.165, 1.54) is 11.1 Å². The molecule has 2 atom stereocenters. The molecule has 0 aliphatic carbocycles. The Morgan fingerprint density at radius 3 is 2.35 bits per heavy atom. The number of aryl methyl sites for hydroxylation is 1. The van der Waals surface area contributed by atoms with Gasteiger partial charge in [0.15, 0.2) is 0 Å². The third-order valence-electron chi connectivity index (χ3n) is 3.59. The van der Waals surface area contributed by atoms with Crippen LogP contribution in [0.5, 0.6) is 5.75 Å². The van der Waals surface area contributed by atoms with Crippen LogP contribution in [0.2, 0.25) is 0 Å². The summed E-state index contributed by atoms with van der Waals surface area (Å²) in [5.41, 5.74) is 2.47. The van der Waals surface area contributed by atoms with E-state index >= 15 is 0 Å². The van der Waals surface area contributed by atoms with Crippen LogP contribution in [0.15, 0.2) is 36.7 Å². The molecule has 0 fully saturated rings. The van der Waals surface area contributed by atoms with Gasteiger partial charge in [-0.15, -0.1) is 0 Å². The summed E-state index contributed by atoms with van der Waals surface area (Å²) in [6, 6.07) is 8.73. The average Bonchev–Trinajstić information content (AvgIpc) is 2.96. The zero-order valence-electron chi connectivity index (χ0n) is 12.6. The van der Waals surface area contributed by atoms with E-state index in [1.54, 1.807) is 7.11 Å². The van der Waals surface area contributed by atoms with Crippen LogP contribution in [0.4, 0.5) is 0 Å². The summed E-state index contributed by atoms with van der Waals surface area (Å²) in [4.78, 5) is 0. The van der Waals surface area contributed by atoms with Crippen molar-refractivity contribution in [2.75, 3.05) is 7.11 Å². The molecule has 0 aliphatic heterocycles. The van der Waals surface area contributed by atoms with Crippen molar-refractivity contribution in [3.8, 4) is 5.75 Å². The first-order chi connectivity index (χ1) is 9.63. The lowest BCUT2D eigenvalue weighted by molar-refractivity contribution is 0.414. The van der Waals surface area contributed by atoms with Gasteiger partial charge in [0.2, 0.25) is 0 Å². The fraction of sp³-hybridized carbons (Fsp3) is 0.438. The molecule has 20 heavy (non-hydrogen) atoms. The summed E-state index contributed by atoms with van der Waals surface area (Å²) in [5.74, 6) is 0.887. The number of benzene rings is 1. The van der Waals surface area contributed by atoms with Crippen molar-refractivity contribution in [1.82, 2.24) is 15.1 Å². The number of hydrogen-bond acceptors (Lipinski definition) is 3. The molecular formula is C16H23N3O. The molecule has 0 spiro atoms. The van der Waals surface area contributed by atoms with Gasteiger partial charge in [0, 0.05) is 30.4 Å². The van der Waals surface area contributed by atoms with Crippen LogP contribution in [-0.2, 0) is 6.54 Å². The van der Waals surface area contributed by atoms with Crippen LogP contribution in [0, 0.1) is 0 Å². The summed E-state index contributed by atoms with van der Waals surface area (Å²) < 4.78 is 7.13. The molecule has 0 saturated heterocycles. The van der Waals surface area contributed by atoms with E-state index in [9.17, 15) is 0 Å². The van der Waals surface area contributed by atoms with Gasteiger partial charge in [-0.25, -0.2) is 0 Å². The standard InChI is InChI=1S/C16H23N3O/c1-5-19-11-15(10-17-19)13(3)18-12(2)14-6-8-16(20-4)9-7-14/h6-13,18H,5H2,1-4H3/t12-,13?/m0/s1. The van der Waals surface area contributed by atoms with Crippen LogP contribution in [0.25, 0.3) is 0 Å². The Hall–Kier alpha value is -1.81. The highest BCUT2D eigenvalue weighted by atomic mass is 16.5. The van der Waals surface area contributed by atoms with Gasteiger partial charge in [-0.1, -0.05) is 12.1 Å². The molecule has 0 bridgehead atoms. The molecule has 1 unspecified atom stereocenters. The van der Waals surface area contributed by atoms with E-state index in [2.05, 4.69) is 49.5 Å². The molecule has 0 amide bonds. The van der Waals surface area contributed by atoms with E-state index in [0.717, 1.165) is 12.3 Å². The summed E-state index contributed by atoms with van der Waals surface area (Å²) in [6.07, 6.45) is 4.03. The number of ether oxygens (including phenoxy) is 1. The number of nitrogens with zero attached hydrogens (tertiary/aromatic N) is 2. The van der Waals surface area contributed by atoms with E-state index in [-0.39, 0.29) is 12.1 Å². The van der Waals surface area contributed by atoms with Crippen LogP contribution >= 0.6 is 0 Å². The molecule has 108 valence electrons. The van der Waals surface area contributed by atoms with Gasteiger partial charge in [0.25, 0.3) is 0 Å². The molecule has 2 aromatic rings. The van der Waals surface area contributed by atoms with Crippen molar-refractivity contribution >= 4 is 0 Å². The monoisotopic (exact) mass is 273 g/mol. The van der Waals surface area contributed by atoms with Gasteiger partial charge in [0.1, 0.15) is 5.75 Å². The fourth-order valence-corrected chi connectivity index (χ4v) is 2.24. The lowest BCUT2D eigenvalue weighted by Crippen LogP contribution is -2.22. The largest absolute Gasteiger partial charge is 0.497 e. The maximum absolute atomic E-state index is 5.18. The first-order valence-electron chi connectivity index (χ1n) is 7.06. The second-order valence-electron chi connectivity index (χ2n) is 5.01. The van der Waals surface area contributed by atoms with Crippen molar-refractivity contribution in [1.29, 1.82) is 0 Å². The summed E-state index contributed by atoms with van der Waals surface area (Å²) in [7, 11) is 1.68. The minimum absolute atomic E-state index is 0.271. The quantitative estimate of drug-likeness (QED) is 0.877. The maximum atomic E-state index is 5.18. The Bertz CT molecular complexity index is 533. The number of aromatic nitrogens is 2. The highest BCUT2D eigenvalue weighted by Gasteiger charge is 2.12. The molecule has 4 heteroatoms. The second-order valence-corrected chi connectivity index (χ2v) is 5.01. The normalized spacial score (nSPS) is 14.0. The predicted molar refractivity (Wildman–Crippen MR) is 80.9 cm³/mol. The smallest absolute Gasteiger partial charge is 0.118 e. The molecule has 2 rings (SSSR count). The van der Waals surface area contributed by atoms with E-state index in [1.807, 2.05) is 23.0 Å². The Balaban J connectivity index is 2.00. The van der Waals surface area contributed by atoms with E-state index in [0.29, 0.717) is 0 Å². The highest BCUT2D eigenvalue weighted by molar-refractivity contribution is 5.29. The molecule has 1 N–H and O–H groups in total. The number of rotatable bonds is 6. The Morgan fingerprint density at radius 2 is 1.80 bits per heavy atom. The van der Waals surface area contributed by atoms with Crippen molar-refractivity contribution in [2.24, 2.45) is 0 Å². The molecule has 1 aromatic carbocycles. The van der Waals surface area contributed by atoms with Crippen molar-refractivity contribution in [2.45, 2.75) is 39.4 Å². The van der Waals surface area contributed by atoms with Gasteiger partial charge in [0.05, 0.1) is 13.3 Å². The van der Waals surface area contributed by atoms with Gasteiger partial charge >= 0.3 is 0 Å². The summed E-state index contributed by atoms with van der Waals surface area (Å²) in [5, 5.41) is 7.91. The molecule has 0 saturated carbocycles.